The Balaban J connectivity index is 2.23. The van der Waals surface area contributed by atoms with Crippen molar-refractivity contribution < 1.29 is 33.4 Å². The highest BCUT2D eigenvalue weighted by Gasteiger charge is 2.50. The fourth-order valence-electron chi connectivity index (χ4n) is 3.88. The van der Waals surface area contributed by atoms with Gasteiger partial charge >= 0.3 is 6.09 Å². The molecular formula is C28H43N3O7. The monoisotopic (exact) mass is 533 g/mol. The van der Waals surface area contributed by atoms with E-state index in [4.69, 9.17) is 14.2 Å². The summed E-state index contributed by atoms with van der Waals surface area (Å²) < 4.78 is 15.7. The van der Waals surface area contributed by atoms with Gasteiger partial charge < -0.3 is 30.2 Å². The van der Waals surface area contributed by atoms with Crippen molar-refractivity contribution in [3.05, 3.63) is 35.9 Å². The number of ether oxygens (including phenoxy) is 3. The maximum absolute atomic E-state index is 13.5. The van der Waals surface area contributed by atoms with Crippen molar-refractivity contribution in [2.24, 2.45) is 5.92 Å². The molecule has 3 amide bonds. The molecule has 0 spiro atoms. The van der Waals surface area contributed by atoms with E-state index in [1.54, 1.807) is 27.7 Å². The number of carbonyl (C=O) groups excluding carboxylic acids is 4. The second kappa shape index (κ2) is 13.7. The van der Waals surface area contributed by atoms with Crippen LogP contribution in [0.25, 0.3) is 0 Å². The third-order valence-corrected chi connectivity index (χ3v) is 5.97. The quantitative estimate of drug-likeness (QED) is 0.313. The summed E-state index contributed by atoms with van der Waals surface area (Å²) in [4.78, 5) is 52.3. The van der Waals surface area contributed by atoms with Crippen LogP contribution < -0.4 is 16.0 Å². The SMILES string of the molecule is COCC[C@H](NC(=O)OC(C)(C)C)C(=O)N[C@@H](Cc1ccccc1)C(=O)N[C@@H](CC(C)C)C(=O)[C@@]1(C)CO1. The molecule has 1 aliphatic rings. The van der Waals surface area contributed by atoms with Crippen LogP contribution in [-0.2, 0) is 35.0 Å². The summed E-state index contributed by atoms with van der Waals surface area (Å²) >= 11 is 0. The number of hydrogen-bond acceptors (Lipinski definition) is 7. The first-order valence-electron chi connectivity index (χ1n) is 13.1. The molecule has 1 heterocycles. The van der Waals surface area contributed by atoms with Crippen molar-refractivity contribution in [3.8, 4) is 0 Å². The fourth-order valence-corrected chi connectivity index (χ4v) is 3.88. The van der Waals surface area contributed by atoms with Crippen LogP contribution >= 0.6 is 0 Å². The van der Waals surface area contributed by atoms with E-state index in [1.807, 2.05) is 44.2 Å². The number of amides is 3. The molecule has 10 heteroatoms. The third-order valence-electron chi connectivity index (χ3n) is 5.97. The highest BCUT2D eigenvalue weighted by atomic mass is 16.6. The summed E-state index contributed by atoms with van der Waals surface area (Å²) in [6.45, 7) is 11.3. The summed E-state index contributed by atoms with van der Waals surface area (Å²) in [5.74, 6) is -1.10. The van der Waals surface area contributed by atoms with E-state index < -0.39 is 47.2 Å². The zero-order valence-corrected chi connectivity index (χ0v) is 23.6. The highest BCUT2D eigenvalue weighted by molar-refractivity contribution is 5.98. The van der Waals surface area contributed by atoms with Gasteiger partial charge in [0, 0.05) is 26.6 Å². The second-order valence-electron chi connectivity index (χ2n) is 11.3. The zero-order chi connectivity index (χ0) is 28.5. The molecule has 1 aliphatic heterocycles. The number of alkyl carbamates (subject to hydrolysis) is 1. The molecule has 0 bridgehead atoms. The van der Waals surface area contributed by atoms with Gasteiger partial charge in [0.1, 0.15) is 23.3 Å². The summed E-state index contributed by atoms with van der Waals surface area (Å²) in [6.07, 6.45) is 0.0496. The number of Topliss-reactive ketones (excluding diaryl/α,β-unsaturated/α-hetero) is 1. The number of hydrogen-bond donors (Lipinski definition) is 3. The van der Waals surface area contributed by atoms with Crippen LogP contribution in [0.1, 0.15) is 59.9 Å². The second-order valence-corrected chi connectivity index (χ2v) is 11.3. The Bertz CT molecular complexity index is 955. The average Bonchev–Trinajstić information content (AvgIpc) is 3.57. The van der Waals surface area contributed by atoms with E-state index in [9.17, 15) is 19.2 Å². The molecule has 0 aliphatic carbocycles. The largest absolute Gasteiger partial charge is 0.444 e. The first kappa shape index (κ1) is 31.2. The van der Waals surface area contributed by atoms with Gasteiger partial charge in [0.05, 0.1) is 12.6 Å². The molecule has 1 aromatic rings. The van der Waals surface area contributed by atoms with Crippen LogP contribution in [0.5, 0.6) is 0 Å². The fraction of sp³-hybridized carbons (Fsp3) is 0.643. The molecule has 2 rings (SSSR count). The van der Waals surface area contributed by atoms with E-state index in [1.165, 1.54) is 7.11 Å². The van der Waals surface area contributed by atoms with Crippen molar-refractivity contribution in [2.45, 2.75) is 90.1 Å². The third kappa shape index (κ3) is 10.4. The van der Waals surface area contributed by atoms with Crippen LogP contribution in [0, 0.1) is 5.92 Å². The number of nitrogens with one attached hydrogen (secondary N) is 3. The Morgan fingerprint density at radius 3 is 2.08 bits per heavy atom. The van der Waals surface area contributed by atoms with E-state index in [-0.39, 0.29) is 31.1 Å². The van der Waals surface area contributed by atoms with Crippen molar-refractivity contribution in [2.75, 3.05) is 20.3 Å². The maximum atomic E-state index is 13.5. The summed E-state index contributed by atoms with van der Waals surface area (Å²) in [5.41, 5.74) is -0.819. The molecule has 10 nitrogen and oxygen atoms in total. The number of carbonyl (C=O) groups is 4. The van der Waals surface area contributed by atoms with Gasteiger partial charge in [-0.2, -0.15) is 0 Å². The Morgan fingerprint density at radius 2 is 1.55 bits per heavy atom. The minimum Gasteiger partial charge on any atom is -0.444 e. The summed E-state index contributed by atoms with van der Waals surface area (Å²) in [6, 6.07) is 6.49. The molecule has 1 fully saturated rings. The zero-order valence-electron chi connectivity index (χ0n) is 23.6. The Labute approximate surface area is 225 Å². The first-order valence-corrected chi connectivity index (χ1v) is 13.1. The molecule has 1 aromatic carbocycles. The molecule has 0 aromatic heterocycles. The van der Waals surface area contributed by atoms with Gasteiger partial charge in [0.25, 0.3) is 0 Å². The number of epoxide rings is 1. The molecule has 38 heavy (non-hydrogen) atoms. The molecule has 1 saturated heterocycles. The van der Waals surface area contributed by atoms with Gasteiger partial charge in [-0.05, 0) is 45.6 Å². The molecular weight excluding hydrogens is 490 g/mol. The van der Waals surface area contributed by atoms with E-state index in [0.29, 0.717) is 13.0 Å². The van der Waals surface area contributed by atoms with Crippen LogP contribution in [0.15, 0.2) is 30.3 Å². The summed E-state index contributed by atoms with van der Waals surface area (Å²) in [7, 11) is 1.49. The van der Waals surface area contributed by atoms with Crippen LogP contribution in [0.4, 0.5) is 4.79 Å². The minimum absolute atomic E-state index is 0.144. The normalized spacial score (nSPS) is 19.2. The van der Waals surface area contributed by atoms with E-state index >= 15 is 0 Å². The number of rotatable bonds is 14. The maximum Gasteiger partial charge on any atom is 0.408 e. The van der Waals surface area contributed by atoms with Crippen LogP contribution in [-0.4, -0.2) is 73.3 Å². The van der Waals surface area contributed by atoms with Crippen LogP contribution in [0.3, 0.4) is 0 Å². The van der Waals surface area contributed by atoms with Gasteiger partial charge in [-0.3, -0.25) is 14.4 Å². The minimum atomic E-state index is -0.997. The highest BCUT2D eigenvalue weighted by Crippen LogP contribution is 2.29. The van der Waals surface area contributed by atoms with Gasteiger partial charge in [-0.1, -0.05) is 44.2 Å². The number of methoxy groups -OCH3 is 1. The molecule has 4 atom stereocenters. The Kier molecular flexibility index (Phi) is 11.3. The van der Waals surface area contributed by atoms with Crippen LogP contribution in [0.2, 0.25) is 0 Å². The lowest BCUT2D eigenvalue weighted by molar-refractivity contribution is -0.133. The average molecular weight is 534 g/mol. The molecule has 0 radical (unpaired) electrons. The molecule has 3 N–H and O–H groups in total. The Hall–Kier alpha value is -2.98. The van der Waals surface area contributed by atoms with Crippen molar-refractivity contribution in [1.82, 2.24) is 16.0 Å². The smallest absolute Gasteiger partial charge is 0.408 e. The lowest BCUT2D eigenvalue weighted by Gasteiger charge is -2.27. The molecule has 0 unspecified atom stereocenters. The predicted molar refractivity (Wildman–Crippen MR) is 142 cm³/mol. The van der Waals surface area contributed by atoms with E-state index in [2.05, 4.69) is 16.0 Å². The molecule has 212 valence electrons. The van der Waals surface area contributed by atoms with Crippen molar-refractivity contribution in [1.29, 1.82) is 0 Å². The molecule has 0 saturated carbocycles. The number of benzene rings is 1. The topological polar surface area (TPSA) is 135 Å². The van der Waals surface area contributed by atoms with Gasteiger partial charge in [0.2, 0.25) is 11.8 Å². The Morgan fingerprint density at radius 1 is 0.974 bits per heavy atom. The van der Waals surface area contributed by atoms with Gasteiger partial charge in [-0.15, -0.1) is 0 Å². The first-order chi connectivity index (χ1) is 17.7. The van der Waals surface area contributed by atoms with Gasteiger partial charge in [0.15, 0.2) is 5.78 Å². The van der Waals surface area contributed by atoms with Crippen molar-refractivity contribution >= 4 is 23.7 Å². The standard InChI is InChI=1S/C28H43N3O7/c1-18(2)15-21(23(32)28(6)17-37-28)29-25(34)22(16-19-11-9-8-10-12-19)30-24(33)20(13-14-36-7)31-26(35)38-27(3,4)5/h8-12,18,20-22H,13-17H2,1-7H3,(H,29,34)(H,30,33)(H,31,35)/t20-,21-,22-,28+/m0/s1. The van der Waals surface area contributed by atoms with E-state index in [0.717, 1.165) is 5.56 Å². The van der Waals surface area contributed by atoms with Gasteiger partial charge in [-0.25, -0.2) is 4.79 Å². The number of ketones is 1. The lowest BCUT2D eigenvalue weighted by atomic mass is 9.93. The lowest BCUT2D eigenvalue weighted by Crippen LogP contribution is -2.57. The summed E-state index contributed by atoms with van der Waals surface area (Å²) in [5, 5.41) is 8.20. The van der Waals surface area contributed by atoms with Crippen molar-refractivity contribution in [3.63, 3.8) is 0 Å². The predicted octanol–water partition coefficient (Wildman–Crippen LogP) is 2.53.